The Bertz CT molecular complexity index is 473. The van der Waals surface area contributed by atoms with Gasteiger partial charge in [-0.1, -0.05) is 0 Å². The lowest BCUT2D eigenvalue weighted by molar-refractivity contribution is -0.185. The molecule has 1 aliphatic heterocycles. The third kappa shape index (κ3) is 3.96. The summed E-state index contributed by atoms with van der Waals surface area (Å²) in [7, 11) is 0. The predicted molar refractivity (Wildman–Crippen MR) is 63.9 cm³/mol. The van der Waals surface area contributed by atoms with Crippen molar-refractivity contribution in [3.8, 4) is 0 Å². The van der Waals surface area contributed by atoms with Gasteiger partial charge in [0.2, 0.25) is 5.91 Å². The van der Waals surface area contributed by atoms with Crippen molar-refractivity contribution in [3.63, 3.8) is 0 Å². The molecule has 20 heavy (non-hydrogen) atoms. The Morgan fingerprint density at radius 3 is 3.10 bits per heavy atom. The van der Waals surface area contributed by atoms with E-state index in [1.54, 1.807) is 6.20 Å². The molecule has 112 valence electrons. The van der Waals surface area contributed by atoms with E-state index in [1.807, 2.05) is 10.8 Å². The quantitative estimate of drug-likeness (QED) is 0.909. The Labute approximate surface area is 114 Å². The molecule has 1 N–H and O–H groups in total. The highest BCUT2D eigenvalue weighted by Crippen LogP contribution is 2.16. The second-order valence-corrected chi connectivity index (χ2v) is 4.81. The van der Waals surface area contributed by atoms with Crippen LogP contribution in [0.4, 0.5) is 13.2 Å². The van der Waals surface area contributed by atoms with Gasteiger partial charge in [-0.3, -0.25) is 4.79 Å². The number of carbonyl (C=O) groups excluding carboxylic acids is 1. The first-order valence-corrected chi connectivity index (χ1v) is 6.34. The number of amides is 1. The van der Waals surface area contributed by atoms with Crippen LogP contribution in [0.1, 0.15) is 19.2 Å². The highest BCUT2D eigenvalue weighted by atomic mass is 19.4. The Balaban J connectivity index is 1.80. The van der Waals surface area contributed by atoms with Gasteiger partial charge in [-0.15, -0.1) is 0 Å². The standard InChI is InChI=1S/C12H16F3N3O2/c1-8(20-7-12(13,14)15)11(19)17-9-2-3-10-16-4-5-18(10)6-9/h4-5,8-9H,2-3,6-7H2,1H3,(H,17,19)/t8-,9-/m0/s1. The van der Waals surface area contributed by atoms with E-state index in [1.165, 1.54) is 6.92 Å². The van der Waals surface area contributed by atoms with Crippen LogP contribution in [0.25, 0.3) is 0 Å². The van der Waals surface area contributed by atoms with Crippen molar-refractivity contribution in [3.05, 3.63) is 18.2 Å². The maximum absolute atomic E-state index is 12.0. The molecule has 1 amide bonds. The van der Waals surface area contributed by atoms with Crippen molar-refractivity contribution in [1.82, 2.24) is 14.9 Å². The normalized spacial score (nSPS) is 20.3. The number of carbonyl (C=O) groups is 1. The zero-order chi connectivity index (χ0) is 14.8. The summed E-state index contributed by atoms with van der Waals surface area (Å²) in [5, 5.41) is 2.71. The predicted octanol–water partition coefficient (Wildman–Crippen LogP) is 1.28. The SMILES string of the molecule is C[C@H](OCC(F)(F)F)C(=O)N[C@H]1CCc2nccn2C1. The number of aryl methyl sites for hydroxylation is 1. The second-order valence-electron chi connectivity index (χ2n) is 4.81. The number of hydrogen-bond donors (Lipinski definition) is 1. The minimum Gasteiger partial charge on any atom is -0.359 e. The van der Waals surface area contributed by atoms with Crippen molar-refractivity contribution < 1.29 is 22.7 Å². The summed E-state index contributed by atoms with van der Waals surface area (Å²) in [5.41, 5.74) is 0. The molecule has 0 unspecified atom stereocenters. The molecule has 0 radical (unpaired) electrons. The summed E-state index contributed by atoms with van der Waals surface area (Å²) in [6.45, 7) is 0.470. The maximum Gasteiger partial charge on any atom is 0.411 e. The van der Waals surface area contributed by atoms with E-state index in [0.717, 1.165) is 18.7 Å². The molecule has 8 heteroatoms. The number of aromatic nitrogens is 2. The third-order valence-corrected chi connectivity index (χ3v) is 3.15. The van der Waals surface area contributed by atoms with Crippen LogP contribution in [0.2, 0.25) is 0 Å². The van der Waals surface area contributed by atoms with Gasteiger partial charge in [0.25, 0.3) is 0 Å². The fourth-order valence-corrected chi connectivity index (χ4v) is 2.10. The average molecular weight is 291 g/mol. The fraction of sp³-hybridized carbons (Fsp3) is 0.667. The monoisotopic (exact) mass is 291 g/mol. The highest BCUT2D eigenvalue weighted by Gasteiger charge is 2.30. The van der Waals surface area contributed by atoms with Gasteiger partial charge in [-0.2, -0.15) is 13.2 Å². The van der Waals surface area contributed by atoms with Gasteiger partial charge < -0.3 is 14.6 Å². The zero-order valence-corrected chi connectivity index (χ0v) is 11.0. The second kappa shape index (κ2) is 5.82. The molecule has 5 nitrogen and oxygen atoms in total. The van der Waals surface area contributed by atoms with Gasteiger partial charge in [-0.05, 0) is 13.3 Å². The van der Waals surface area contributed by atoms with Crippen LogP contribution < -0.4 is 5.32 Å². The first-order valence-electron chi connectivity index (χ1n) is 6.34. The van der Waals surface area contributed by atoms with Crippen molar-refractivity contribution in [2.45, 2.75) is 44.6 Å². The number of hydrogen-bond acceptors (Lipinski definition) is 3. The third-order valence-electron chi connectivity index (χ3n) is 3.15. The summed E-state index contributed by atoms with van der Waals surface area (Å²) < 4.78 is 42.4. The van der Waals surface area contributed by atoms with Crippen LogP contribution in [-0.4, -0.2) is 40.4 Å². The summed E-state index contributed by atoms with van der Waals surface area (Å²) in [5.74, 6) is 0.430. The van der Waals surface area contributed by atoms with Crippen molar-refractivity contribution in [2.75, 3.05) is 6.61 Å². The molecule has 0 spiro atoms. The van der Waals surface area contributed by atoms with E-state index in [9.17, 15) is 18.0 Å². The first-order chi connectivity index (χ1) is 9.35. The van der Waals surface area contributed by atoms with Gasteiger partial charge in [-0.25, -0.2) is 4.98 Å². The lowest BCUT2D eigenvalue weighted by Crippen LogP contribution is -2.45. The van der Waals surface area contributed by atoms with E-state index in [2.05, 4.69) is 15.0 Å². The first kappa shape index (κ1) is 14.8. The Morgan fingerprint density at radius 1 is 1.65 bits per heavy atom. The van der Waals surface area contributed by atoms with Crippen LogP contribution >= 0.6 is 0 Å². The summed E-state index contributed by atoms with van der Waals surface area (Å²) in [6, 6.07) is -0.110. The molecule has 1 aromatic rings. The molecule has 2 rings (SSSR count). The Morgan fingerprint density at radius 2 is 2.40 bits per heavy atom. The van der Waals surface area contributed by atoms with Crippen LogP contribution in [0.15, 0.2) is 12.4 Å². The van der Waals surface area contributed by atoms with Gasteiger partial charge in [0.15, 0.2) is 0 Å². The number of nitrogens with one attached hydrogen (secondary N) is 1. The van der Waals surface area contributed by atoms with E-state index >= 15 is 0 Å². The molecule has 0 fully saturated rings. The largest absolute Gasteiger partial charge is 0.411 e. The van der Waals surface area contributed by atoms with Gasteiger partial charge in [0.05, 0.1) is 0 Å². The number of nitrogens with zero attached hydrogens (tertiary/aromatic N) is 2. The smallest absolute Gasteiger partial charge is 0.359 e. The Kier molecular flexibility index (Phi) is 4.32. The van der Waals surface area contributed by atoms with Gasteiger partial charge in [0, 0.05) is 31.4 Å². The van der Waals surface area contributed by atoms with Crippen LogP contribution in [-0.2, 0) is 22.5 Å². The molecule has 2 heterocycles. The van der Waals surface area contributed by atoms with E-state index in [0.29, 0.717) is 6.54 Å². The molecule has 2 atom stereocenters. The van der Waals surface area contributed by atoms with Crippen LogP contribution in [0.3, 0.4) is 0 Å². The average Bonchev–Trinajstić information content (AvgIpc) is 2.82. The number of ether oxygens (including phenoxy) is 1. The minimum absolute atomic E-state index is 0.110. The number of fused-ring (bicyclic) bond motifs is 1. The molecule has 1 aliphatic rings. The van der Waals surface area contributed by atoms with Gasteiger partial charge >= 0.3 is 6.18 Å². The maximum atomic E-state index is 12.0. The molecular formula is C12H16F3N3O2. The molecule has 0 aromatic carbocycles. The molecule has 0 saturated carbocycles. The zero-order valence-electron chi connectivity index (χ0n) is 11.0. The lowest BCUT2D eigenvalue weighted by atomic mass is 10.1. The van der Waals surface area contributed by atoms with Gasteiger partial charge in [0.1, 0.15) is 18.5 Å². The molecular weight excluding hydrogens is 275 g/mol. The van der Waals surface area contributed by atoms with Crippen molar-refractivity contribution in [1.29, 1.82) is 0 Å². The topological polar surface area (TPSA) is 56.1 Å². The number of imidazole rings is 1. The number of halogens is 3. The van der Waals surface area contributed by atoms with Crippen molar-refractivity contribution in [2.24, 2.45) is 0 Å². The number of alkyl halides is 3. The summed E-state index contributed by atoms with van der Waals surface area (Å²) in [6.07, 6.45) is -0.595. The summed E-state index contributed by atoms with van der Waals surface area (Å²) >= 11 is 0. The van der Waals surface area contributed by atoms with Crippen LogP contribution in [0, 0.1) is 0 Å². The van der Waals surface area contributed by atoms with E-state index in [-0.39, 0.29) is 6.04 Å². The Hall–Kier alpha value is -1.57. The fourth-order valence-electron chi connectivity index (χ4n) is 2.10. The minimum atomic E-state index is -4.43. The van der Waals surface area contributed by atoms with E-state index in [4.69, 9.17) is 0 Å². The summed E-state index contributed by atoms with van der Waals surface area (Å²) in [4.78, 5) is 15.9. The highest BCUT2D eigenvalue weighted by molar-refractivity contribution is 5.80. The molecule has 0 saturated heterocycles. The molecule has 1 aromatic heterocycles. The molecule has 0 bridgehead atoms. The number of rotatable bonds is 4. The van der Waals surface area contributed by atoms with E-state index < -0.39 is 24.8 Å². The van der Waals surface area contributed by atoms with Crippen molar-refractivity contribution >= 4 is 5.91 Å². The lowest BCUT2D eigenvalue weighted by Gasteiger charge is -2.26. The molecule has 0 aliphatic carbocycles. The van der Waals surface area contributed by atoms with Crippen LogP contribution in [0.5, 0.6) is 0 Å².